The third-order valence-corrected chi connectivity index (χ3v) is 4.66. The van der Waals surface area contributed by atoms with Gasteiger partial charge in [-0.2, -0.15) is 0 Å². The van der Waals surface area contributed by atoms with Crippen LogP contribution in [0.5, 0.6) is 0 Å². The van der Waals surface area contributed by atoms with Crippen molar-refractivity contribution in [2.75, 3.05) is 11.9 Å². The topological polar surface area (TPSA) is 43.7 Å². The lowest BCUT2D eigenvalue weighted by Crippen LogP contribution is -2.43. The zero-order valence-electron chi connectivity index (χ0n) is 11.5. The van der Waals surface area contributed by atoms with Crippen molar-refractivity contribution >= 4 is 21.6 Å². The second kappa shape index (κ2) is 6.25. The van der Waals surface area contributed by atoms with E-state index in [1.165, 1.54) is 6.42 Å². The van der Waals surface area contributed by atoms with Crippen LogP contribution in [0.15, 0.2) is 22.7 Å². The largest absolute Gasteiger partial charge is 0.391 e. The van der Waals surface area contributed by atoms with Crippen LogP contribution in [0.1, 0.15) is 44.3 Å². The first-order chi connectivity index (χ1) is 9.00. The number of benzene rings is 1. The van der Waals surface area contributed by atoms with E-state index in [9.17, 15) is 10.2 Å². The zero-order chi connectivity index (χ0) is 14.0. The Labute approximate surface area is 123 Å². The summed E-state index contributed by atoms with van der Waals surface area (Å²) >= 11 is 3.57. The highest BCUT2D eigenvalue weighted by atomic mass is 79.9. The fourth-order valence-corrected chi connectivity index (χ4v) is 3.47. The standard InChI is InChI=1S/C15H22BrNO2/c1-10(18)11-7-8-13(12(16)9-11)17(2)14-5-3-4-6-15(14)19/h7-10,14-15,18-19H,3-6H2,1-2H3/t10-,14?,15?/m1/s1. The van der Waals surface area contributed by atoms with E-state index in [1.807, 2.05) is 25.2 Å². The maximum Gasteiger partial charge on any atom is 0.0762 e. The first-order valence-corrected chi connectivity index (χ1v) is 7.68. The molecule has 0 bridgehead atoms. The van der Waals surface area contributed by atoms with Gasteiger partial charge in [-0.1, -0.05) is 18.9 Å². The van der Waals surface area contributed by atoms with E-state index >= 15 is 0 Å². The number of anilines is 1. The summed E-state index contributed by atoms with van der Waals surface area (Å²) in [5.74, 6) is 0. The van der Waals surface area contributed by atoms with Crippen molar-refractivity contribution in [2.45, 2.75) is 50.9 Å². The Bertz CT molecular complexity index is 436. The molecule has 0 radical (unpaired) electrons. The second-order valence-corrected chi connectivity index (χ2v) is 6.27. The number of aliphatic hydroxyl groups excluding tert-OH is 2. The van der Waals surface area contributed by atoms with Crippen LogP contribution in [0.2, 0.25) is 0 Å². The lowest BCUT2D eigenvalue weighted by atomic mass is 9.91. The smallest absolute Gasteiger partial charge is 0.0762 e. The molecule has 19 heavy (non-hydrogen) atoms. The molecule has 3 atom stereocenters. The van der Waals surface area contributed by atoms with Gasteiger partial charge in [-0.25, -0.2) is 0 Å². The van der Waals surface area contributed by atoms with Gasteiger partial charge in [-0.15, -0.1) is 0 Å². The fourth-order valence-electron chi connectivity index (χ4n) is 2.79. The molecule has 2 rings (SSSR count). The number of hydrogen-bond acceptors (Lipinski definition) is 3. The third-order valence-electron chi connectivity index (χ3n) is 4.03. The summed E-state index contributed by atoms with van der Waals surface area (Å²) in [5.41, 5.74) is 1.96. The van der Waals surface area contributed by atoms with Crippen LogP contribution in [-0.4, -0.2) is 29.4 Å². The highest BCUT2D eigenvalue weighted by Crippen LogP contribution is 2.33. The number of aliphatic hydroxyl groups is 2. The number of likely N-dealkylation sites (N-methyl/N-ethyl adjacent to an activating group) is 1. The van der Waals surface area contributed by atoms with Crippen molar-refractivity contribution in [1.82, 2.24) is 0 Å². The molecule has 0 saturated heterocycles. The van der Waals surface area contributed by atoms with Gasteiger partial charge in [0.05, 0.1) is 23.9 Å². The van der Waals surface area contributed by atoms with Crippen LogP contribution in [0.3, 0.4) is 0 Å². The van der Waals surface area contributed by atoms with Gasteiger partial charge in [-0.3, -0.25) is 0 Å². The van der Waals surface area contributed by atoms with Gasteiger partial charge < -0.3 is 15.1 Å². The lowest BCUT2D eigenvalue weighted by molar-refractivity contribution is 0.106. The molecule has 0 spiro atoms. The van der Waals surface area contributed by atoms with E-state index in [-0.39, 0.29) is 12.1 Å². The Morgan fingerprint density at radius 2 is 2.00 bits per heavy atom. The predicted octanol–water partition coefficient (Wildman–Crippen LogP) is 3.24. The highest BCUT2D eigenvalue weighted by molar-refractivity contribution is 9.10. The van der Waals surface area contributed by atoms with Gasteiger partial charge in [0.2, 0.25) is 0 Å². The van der Waals surface area contributed by atoms with E-state index in [1.54, 1.807) is 6.92 Å². The van der Waals surface area contributed by atoms with Crippen molar-refractivity contribution in [1.29, 1.82) is 0 Å². The third kappa shape index (κ3) is 3.30. The minimum atomic E-state index is -0.462. The number of rotatable bonds is 3. The van der Waals surface area contributed by atoms with Crippen LogP contribution in [-0.2, 0) is 0 Å². The van der Waals surface area contributed by atoms with Crippen molar-refractivity contribution < 1.29 is 10.2 Å². The average Bonchev–Trinajstić information content (AvgIpc) is 2.38. The fraction of sp³-hybridized carbons (Fsp3) is 0.600. The maximum atomic E-state index is 10.1. The van der Waals surface area contributed by atoms with Crippen molar-refractivity contribution in [3.8, 4) is 0 Å². The molecule has 3 nitrogen and oxygen atoms in total. The molecule has 106 valence electrons. The minimum Gasteiger partial charge on any atom is -0.391 e. The van der Waals surface area contributed by atoms with Crippen LogP contribution in [0, 0.1) is 0 Å². The molecular formula is C15H22BrNO2. The van der Waals surface area contributed by atoms with Crippen molar-refractivity contribution in [2.24, 2.45) is 0 Å². The SMILES string of the molecule is C[C@@H](O)c1ccc(N(C)C2CCCCC2O)c(Br)c1. The Morgan fingerprint density at radius 3 is 2.58 bits per heavy atom. The Morgan fingerprint density at radius 1 is 1.32 bits per heavy atom. The Balaban J connectivity index is 2.21. The average molecular weight is 328 g/mol. The number of nitrogens with zero attached hydrogens (tertiary/aromatic N) is 1. The summed E-state index contributed by atoms with van der Waals surface area (Å²) in [6, 6.07) is 6.08. The quantitative estimate of drug-likeness (QED) is 0.895. The maximum absolute atomic E-state index is 10.1. The zero-order valence-corrected chi connectivity index (χ0v) is 13.1. The molecule has 1 aromatic carbocycles. The summed E-state index contributed by atoms with van der Waals surface area (Å²) in [5, 5.41) is 19.7. The van der Waals surface area contributed by atoms with Crippen LogP contribution < -0.4 is 4.90 Å². The predicted molar refractivity (Wildman–Crippen MR) is 81.4 cm³/mol. The molecule has 1 saturated carbocycles. The Kier molecular flexibility index (Phi) is 4.87. The van der Waals surface area contributed by atoms with E-state index in [0.29, 0.717) is 0 Å². The van der Waals surface area contributed by atoms with Gasteiger partial charge in [0, 0.05) is 11.5 Å². The van der Waals surface area contributed by atoms with Gasteiger partial charge >= 0.3 is 0 Å². The van der Waals surface area contributed by atoms with E-state index in [4.69, 9.17) is 0 Å². The Hall–Kier alpha value is -0.580. The van der Waals surface area contributed by atoms with E-state index in [2.05, 4.69) is 20.8 Å². The van der Waals surface area contributed by atoms with Gasteiger partial charge in [0.15, 0.2) is 0 Å². The van der Waals surface area contributed by atoms with E-state index in [0.717, 1.165) is 35.0 Å². The summed E-state index contributed by atoms with van der Waals surface area (Å²) in [4.78, 5) is 2.15. The number of halogens is 1. The lowest BCUT2D eigenvalue weighted by Gasteiger charge is -2.37. The van der Waals surface area contributed by atoms with Crippen molar-refractivity contribution in [3.05, 3.63) is 28.2 Å². The van der Waals surface area contributed by atoms with Crippen LogP contribution in [0.4, 0.5) is 5.69 Å². The highest BCUT2D eigenvalue weighted by Gasteiger charge is 2.27. The van der Waals surface area contributed by atoms with Gasteiger partial charge in [0.1, 0.15) is 0 Å². The van der Waals surface area contributed by atoms with Crippen LogP contribution >= 0.6 is 15.9 Å². The molecule has 0 aromatic heterocycles. The molecule has 2 unspecified atom stereocenters. The molecule has 2 N–H and O–H groups in total. The van der Waals surface area contributed by atoms with Gasteiger partial charge in [0.25, 0.3) is 0 Å². The van der Waals surface area contributed by atoms with Gasteiger partial charge in [-0.05, 0) is 53.4 Å². The van der Waals surface area contributed by atoms with Crippen molar-refractivity contribution in [3.63, 3.8) is 0 Å². The second-order valence-electron chi connectivity index (χ2n) is 5.42. The summed E-state index contributed by atoms with van der Waals surface area (Å²) in [6.45, 7) is 1.76. The monoisotopic (exact) mass is 327 g/mol. The molecule has 0 heterocycles. The first kappa shape index (κ1) is 14.8. The molecule has 0 amide bonds. The number of hydrogen-bond donors (Lipinski definition) is 2. The molecule has 4 heteroatoms. The normalized spacial score (nSPS) is 25.1. The summed E-state index contributed by atoms with van der Waals surface area (Å²) in [6.07, 6.45) is 3.50. The van der Waals surface area contributed by atoms with Crippen LogP contribution in [0.25, 0.3) is 0 Å². The molecular weight excluding hydrogens is 306 g/mol. The molecule has 1 fully saturated rings. The molecule has 1 aliphatic carbocycles. The first-order valence-electron chi connectivity index (χ1n) is 6.89. The molecule has 0 aliphatic heterocycles. The minimum absolute atomic E-state index is 0.183. The summed E-state index contributed by atoms with van der Waals surface area (Å²) in [7, 11) is 2.03. The molecule has 1 aliphatic rings. The van der Waals surface area contributed by atoms with E-state index < -0.39 is 6.10 Å². The molecule has 1 aromatic rings. The summed E-state index contributed by atoms with van der Waals surface area (Å²) < 4.78 is 0.964.